The Morgan fingerprint density at radius 3 is 2.43 bits per heavy atom. The first-order valence-corrected chi connectivity index (χ1v) is 7.55. The molecule has 0 bridgehead atoms. The van der Waals surface area contributed by atoms with Crippen molar-refractivity contribution in [3.05, 3.63) is 29.7 Å². The van der Waals surface area contributed by atoms with E-state index in [1.807, 2.05) is 0 Å². The van der Waals surface area contributed by atoms with Gasteiger partial charge >= 0.3 is 0 Å². The number of nitrogens with zero attached hydrogens (tertiary/aromatic N) is 1. The van der Waals surface area contributed by atoms with Crippen LogP contribution in [0.3, 0.4) is 0 Å². The van der Waals surface area contributed by atoms with Crippen molar-refractivity contribution in [1.29, 1.82) is 0 Å². The fraction of sp³-hybridized carbons (Fsp3) is 0.308. The van der Waals surface area contributed by atoms with Gasteiger partial charge in [0.05, 0.1) is 19.9 Å². The molecule has 0 unspecified atom stereocenters. The van der Waals surface area contributed by atoms with Crippen LogP contribution in [0.15, 0.2) is 27.6 Å². The lowest BCUT2D eigenvalue weighted by Gasteiger charge is -2.12. The summed E-state index contributed by atoms with van der Waals surface area (Å²) < 4.78 is 42.5. The van der Waals surface area contributed by atoms with E-state index in [1.54, 1.807) is 32.0 Å². The summed E-state index contributed by atoms with van der Waals surface area (Å²) >= 11 is 0. The number of benzene rings is 1. The maximum atomic E-state index is 12.4. The number of hydrogen-bond acceptors (Lipinski definition) is 6. The molecule has 1 heterocycles. The molecule has 2 aromatic rings. The summed E-state index contributed by atoms with van der Waals surface area (Å²) in [5, 5.41) is 3.65. The molecule has 0 fully saturated rings. The summed E-state index contributed by atoms with van der Waals surface area (Å²) in [7, 11) is -0.847. The molecule has 114 valence electrons. The van der Waals surface area contributed by atoms with E-state index in [4.69, 9.17) is 14.0 Å². The van der Waals surface area contributed by atoms with Gasteiger partial charge in [-0.05, 0) is 26.0 Å². The summed E-state index contributed by atoms with van der Waals surface area (Å²) in [6.07, 6.45) is 0. The SMILES string of the molecule is COc1ccc(NS(=O)(=O)c2c(C)noc2C)c(OC)c1. The Morgan fingerprint density at radius 1 is 1.19 bits per heavy atom. The van der Waals surface area contributed by atoms with Gasteiger partial charge in [0.2, 0.25) is 0 Å². The van der Waals surface area contributed by atoms with Gasteiger partial charge in [-0.25, -0.2) is 8.42 Å². The van der Waals surface area contributed by atoms with E-state index in [1.165, 1.54) is 14.2 Å². The first kappa shape index (κ1) is 15.2. The number of hydrogen-bond donors (Lipinski definition) is 1. The maximum Gasteiger partial charge on any atom is 0.267 e. The highest BCUT2D eigenvalue weighted by atomic mass is 32.2. The minimum absolute atomic E-state index is 0.0281. The molecule has 0 aliphatic rings. The van der Waals surface area contributed by atoms with E-state index in [0.29, 0.717) is 22.9 Å². The molecule has 0 atom stereocenters. The minimum Gasteiger partial charge on any atom is -0.497 e. The Bertz CT molecular complexity index is 732. The third-order valence-corrected chi connectivity index (χ3v) is 4.50. The summed E-state index contributed by atoms with van der Waals surface area (Å²) in [5.41, 5.74) is 0.603. The van der Waals surface area contributed by atoms with Crippen LogP contribution in [-0.2, 0) is 10.0 Å². The summed E-state index contributed by atoms with van der Waals surface area (Å²) in [6, 6.07) is 4.78. The van der Waals surface area contributed by atoms with E-state index in [2.05, 4.69) is 9.88 Å². The Morgan fingerprint density at radius 2 is 1.90 bits per heavy atom. The number of methoxy groups -OCH3 is 2. The van der Waals surface area contributed by atoms with Crippen LogP contribution in [0.5, 0.6) is 11.5 Å². The van der Waals surface area contributed by atoms with Crippen LogP contribution in [0.4, 0.5) is 5.69 Å². The second kappa shape index (κ2) is 5.65. The molecule has 0 saturated carbocycles. The van der Waals surface area contributed by atoms with Gasteiger partial charge in [0.25, 0.3) is 10.0 Å². The minimum atomic E-state index is -3.81. The highest BCUT2D eigenvalue weighted by molar-refractivity contribution is 7.92. The van der Waals surface area contributed by atoms with Gasteiger partial charge in [0, 0.05) is 6.07 Å². The summed E-state index contributed by atoms with van der Waals surface area (Å²) in [5.74, 6) is 1.14. The number of aryl methyl sites for hydroxylation is 2. The Balaban J connectivity index is 2.42. The first-order chi connectivity index (χ1) is 9.89. The Hall–Kier alpha value is -2.22. The molecule has 1 aromatic heterocycles. The lowest BCUT2D eigenvalue weighted by atomic mass is 10.3. The van der Waals surface area contributed by atoms with Gasteiger partial charge in [-0.2, -0.15) is 0 Å². The average molecular weight is 312 g/mol. The van der Waals surface area contributed by atoms with Gasteiger partial charge in [-0.1, -0.05) is 5.16 Å². The molecule has 0 saturated heterocycles. The highest BCUT2D eigenvalue weighted by Crippen LogP contribution is 2.31. The number of anilines is 1. The van der Waals surface area contributed by atoms with Gasteiger partial charge < -0.3 is 14.0 Å². The van der Waals surface area contributed by atoms with E-state index >= 15 is 0 Å². The van der Waals surface area contributed by atoms with E-state index in [-0.39, 0.29) is 10.7 Å². The zero-order chi connectivity index (χ0) is 15.6. The van der Waals surface area contributed by atoms with Crippen molar-refractivity contribution in [2.45, 2.75) is 18.7 Å². The molecule has 8 heteroatoms. The Labute approximate surface area is 122 Å². The number of ether oxygens (including phenoxy) is 2. The van der Waals surface area contributed by atoms with Crippen molar-refractivity contribution < 1.29 is 22.4 Å². The number of aromatic nitrogens is 1. The zero-order valence-electron chi connectivity index (χ0n) is 12.1. The molecular formula is C13H16N2O5S. The van der Waals surface area contributed by atoms with Gasteiger partial charge in [0.15, 0.2) is 10.7 Å². The van der Waals surface area contributed by atoms with Crippen molar-refractivity contribution >= 4 is 15.7 Å². The average Bonchev–Trinajstić information content (AvgIpc) is 2.78. The van der Waals surface area contributed by atoms with Crippen molar-refractivity contribution in [2.75, 3.05) is 18.9 Å². The molecule has 7 nitrogen and oxygen atoms in total. The molecule has 1 N–H and O–H groups in total. The van der Waals surface area contributed by atoms with Crippen molar-refractivity contribution in [2.24, 2.45) is 0 Å². The fourth-order valence-electron chi connectivity index (χ4n) is 1.94. The molecule has 0 radical (unpaired) electrons. The largest absolute Gasteiger partial charge is 0.497 e. The second-order valence-electron chi connectivity index (χ2n) is 4.33. The van der Waals surface area contributed by atoms with Crippen LogP contribution in [0, 0.1) is 13.8 Å². The topological polar surface area (TPSA) is 90.7 Å². The molecular weight excluding hydrogens is 296 g/mol. The van der Waals surface area contributed by atoms with Crippen LogP contribution in [-0.4, -0.2) is 27.8 Å². The molecule has 0 spiro atoms. The molecule has 21 heavy (non-hydrogen) atoms. The predicted octanol–water partition coefficient (Wildman–Crippen LogP) is 2.11. The lowest BCUT2D eigenvalue weighted by molar-refractivity contribution is 0.390. The number of nitrogens with one attached hydrogen (secondary N) is 1. The van der Waals surface area contributed by atoms with Crippen LogP contribution in [0.2, 0.25) is 0 Å². The molecule has 1 aromatic carbocycles. The van der Waals surface area contributed by atoms with E-state index in [0.717, 1.165) is 0 Å². The van der Waals surface area contributed by atoms with Gasteiger partial charge in [-0.3, -0.25) is 4.72 Å². The number of rotatable bonds is 5. The predicted molar refractivity (Wildman–Crippen MR) is 76.3 cm³/mol. The summed E-state index contributed by atoms with van der Waals surface area (Å²) in [6.45, 7) is 3.11. The van der Waals surface area contributed by atoms with Crippen molar-refractivity contribution in [3.8, 4) is 11.5 Å². The van der Waals surface area contributed by atoms with Crippen LogP contribution in [0.1, 0.15) is 11.5 Å². The third-order valence-electron chi connectivity index (χ3n) is 2.89. The van der Waals surface area contributed by atoms with Gasteiger partial charge in [0.1, 0.15) is 17.2 Å². The van der Waals surface area contributed by atoms with Crippen molar-refractivity contribution in [1.82, 2.24) is 5.16 Å². The molecule has 0 aliphatic carbocycles. The van der Waals surface area contributed by atoms with Crippen LogP contribution in [0.25, 0.3) is 0 Å². The molecule has 0 amide bonds. The second-order valence-corrected chi connectivity index (χ2v) is 5.94. The normalized spacial score (nSPS) is 11.2. The standard InChI is InChI=1S/C13H16N2O5S/c1-8-13(9(2)20-14-8)21(16,17)15-11-6-5-10(18-3)7-12(11)19-4/h5-7,15H,1-4H3. The van der Waals surface area contributed by atoms with Crippen LogP contribution < -0.4 is 14.2 Å². The highest BCUT2D eigenvalue weighted by Gasteiger charge is 2.25. The maximum absolute atomic E-state index is 12.4. The molecule has 0 aliphatic heterocycles. The summed E-state index contributed by atoms with van der Waals surface area (Å²) in [4.78, 5) is 0.0281. The van der Waals surface area contributed by atoms with E-state index in [9.17, 15) is 8.42 Å². The van der Waals surface area contributed by atoms with E-state index < -0.39 is 10.0 Å². The smallest absolute Gasteiger partial charge is 0.267 e. The molecule has 2 rings (SSSR count). The monoisotopic (exact) mass is 312 g/mol. The Kier molecular flexibility index (Phi) is 4.08. The third kappa shape index (κ3) is 2.94. The lowest BCUT2D eigenvalue weighted by Crippen LogP contribution is -2.15. The first-order valence-electron chi connectivity index (χ1n) is 6.06. The van der Waals surface area contributed by atoms with Gasteiger partial charge in [-0.15, -0.1) is 0 Å². The quantitative estimate of drug-likeness (QED) is 0.909. The van der Waals surface area contributed by atoms with Crippen molar-refractivity contribution in [3.63, 3.8) is 0 Å². The number of sulfonamides is 1. The fourth-order valence-corrected chi connectivity index (χ4v) is 3.34. The zero-order valence-corrected chi connectivity index (χ0v) is 12.9. The van der Waals surface area contributed by atoms with Crippen LogP contribution >= 0.6 is 0 Å².